The van der Waals surface area contributed by atoms with Crippen LogP contribution in [0.3, 0.4) is 0 Å². The zero-order valence-corrected chi connectivity index (χ0v) is 35.9. The van der Waals surface area contributed by atoms with E-state index < -0.39 is 0 Å². The maximum absolute atomic E-state index is 2.72. The van der Waals surface area contributed by atoms with Crippen LogP contribution in [0.5, 0.6) is 0 Å². The highest BCUT2D eigenvalue weighted by molar-refractivity contribution is 7.26. The summed E-state index contributed by atoms with van der Waals surface area (Å²) in [4.78, 5) is 0. The second-order valence-electron chi connectivity index (χ2n) is 19.5. The zero-order valence-electron chi connectivity index (χ0n) is 35.1. The minimum Gasteiger partial charge on any atom is -0.135 e. The van der Waals surface area contributed by atoms with Gasteiger partial charge >= 0.3 is 0 Å². The van der Waals surface area contributed by atoms with Crippen molar-refractivity contribution >= 4 is 74.6 Å². The van der Waals surface area contributed by atoms with Crippen molar-refractivity contribution < 1.29 is 0 Å². The van der Waals surface area contributed by atoms with Gasteiger partial charge in [0.25, 0.3) is 0 Å². The molecule has 0 aliphatic heterocycles. The molecule has 1 heterocycles. The third-order valence-corrected chi connectivity index (χ3v) is 17.8. The lowest BCUT2D eigenvalue weighted by Gasteiger charge is -2.61. The Hall–Kier alpha value is -6.54. The lowest BCUT2D eigenvalue weighted by molar-refractivity contribution is -0.0398. The van der Waals surface area contributed by atoms with E-state index in [1.165, 1.54) is 140 Å². The van der Waals surface area contributed by atoms with Gasteiger partial charge in [-0.1, -0.05) is 152 Å². The summed E-state index contributed by atoms with van der Waals surface area (Å²) in [7, 11) is 0. The van der Waals surface area contributed by atoms with Crippen LogP contribution in [0, 0.1) is 23.7 Å². The van der Waals surface area contributed by atoms with Crippen molar-refractivity contribution in [2.45, 2.75) is 37.5 Å². The molecule has 10 aromatic carbocycles. The molecule has 298 valence electrons. The molecular weight excluding hydrogens is 777 g/mol. The van der Waals surface area contributed by atoms with Gasteiger partial charge < -0.3 is 0 Å². The smallest absolute Gasteiger partial charge is 0.0434 e. The number of hydrogen-bond acceptors (Lipinski definition) is 1. The lowest BCUT2D eigenvalue weighted by Crippen LogP contribution is -2.55. The quantitative estimate of drug-likeness (QED) is 0.156. The molecule has 16 rings (SSSR count). The summed E-state index contributed by atoms with van der Waals surface area (Å²) in [6.45, 7) is 0. The average Bonchev–Trinajstić information content (AvgIpc) is 3.84. The SMILES string of the molecule is c1ccc(-c2c3ccccc3c(-c3cccc4c3sc3ccc(-c5cc6c(c7ccccc57)-c5cc7ccccc7cc5C65C6CC7CC(C6)CC5C7)cc34)c3ccccc23)cc1. The molecule has 0 amide bonds. The maximum atomic E-state index is 2.72. The molecule has 11 aromatic rings. The molecule has 1 heteroatoms. The molecule has 63 heavy (non-hydrogen) atoms. The highest BCUT2D eigenvalue weighted by atomic mass is 32.1. The van der Waals surface area contributed by atoms with Crippen LogP contribution < -0.4 is 0 Å². The second kappa shape index (κ2) is 12.8. The molecular formula is C62H44S. The Labute approximate surface area is 371 Å². The Morgan fingerprint density at radius 2 is 0.921 bits per heavy atom. The maximum Gasteiger partial charge on any atom is 0.0434 e. The van der Waals surface area contributed by atoms with Gasteiger partial charge in [0.1, 0.15) is 0 Å². The molecule has 0 unspecified atom stereocenters. The number of fused-ring (bicyclic) bond motifs is 11. The van der Waals surface area contributed by atoms with E-state index in [0.717, 1.165) is 11.8 Å². The van der Waals surface area contributed by atoms with Crippen LogP contribution in [-0.4, -0.2) is 0 Å². The van der Waals surface area contributed by atoms with E-state index in [2.05, 4.69) is 182 Å². The topological polar surface area (TPSA) is 0 Å². The molecule has 5 aliphatic rings. The normalized spacial score (nSPS) is 22.0. The van der Waals surface area contributed by atoms with Crippen molar-refractivity contribution in [3.05, 3.63) is 193 Å². The second-order valence-corrected chi connectivity index (χ2v) is 20.6. The van der Waals surface area contributed by atoms with Crippen LogP contribution >= 0.6 is 11.3 Å². The third kappa shape index (κ3) is 4.66. The van der Waals surface area contributed by atoms with Gasteiger partial charge in [-0.15, -0.1) is 11.3 Å². The fourth-order valence-corrected chi connectivity index (χ4v) is 15.7. The number of hydrogen-bond donors (Lipinski definition) is 0. The van der Waals surface area contributed by atoms with Gasteiger partial charge in [0.2, 0.25) is 0 Å². The van der Waals surface area contributed by atoms with E-state index in [9.17, 15) is 0 Å². The average molecular weight is 821 g/mol. The molecule has 1 spiro atoms. The van der Waals surface area contributed by atoms with Crippen LogP contribution in [0.1, 0.15) is 43.2 Å². The van der Waals surface area contributed by atoms with Crippen molar-refractivity contribution in [3.63, 3.8) is 0 Å². The molecule has 4 saturated carbocycles. The molecule has 0 N–H and O–H groups in total. The van der Waals surface area contributed by atoms with E-state index in [1.807, 2.05) is 11.3 Å². The largest absolute Gasteiger partial charge is 0.135 e. The first-order valence-electron chi connectivity index (χ1n) is 23.3. The molecule has 0 nitrogen and oxygen atoms in total. The van der Waals surface area contributed by atoms with Gasteiger partial charge in [0.15, 0.2) is 0 Å². The third-order valence-electron chi connectivity index (χ3n) is 16.6. The van der Waals surface area contributed by atoms with Gasteiger partial charge in [-0.05, 0) is 179 Å². The molecule has 4 fully saturated rings. The Morgan fingerprint density at radius 3 is 1.60 bits per heavy atom. The van der Waals surface area contributed by atoms with Gasteiger partial charge in [-0.3, -0.25) is 0 Å². The van der Waals surface area contributed by atoms with Crippen LogP contribution in [0.2, 0.25) is 0 Å². The van der Waals surface area contributed by atoms with Gasteiger partial charge in [0, 0.05) is 31.2 Å². The number of thiophene rings is 1. The Balaban J connectivity index is 0.966. The van der Waals surface area contributed by atoms with Crippen molar-refractivity contribution in [1.29, 1.82) is 0 Å². The van der Waals surface area contributed by atoms with Crippen LogP contribution in [0.15, 0.2) is 182 Å². The summed E-state index contributed by atoms with van der Waals surface area (Å²) in [6, 6.07) is 69.9. The highest BCUT2D eigenvalue weighted by Gasteiger charge is 2.62. The molecule has 5 aliphatic carbocycles. The summed E-state index contributed by atoms with van der Waals surface area (Å²) in [5.41, 5.74) is 14.3. The van der Waals surface area contributed by atoms with Gasteiger partial charge in [-0.2, -0.15) is 0 Å². The molecule has 0 saturated heterocycles. The van der Waals surface area contributed by atoms with Crippen molar-refractivity contribution in [3.8, 4) is 44.5 Å². The minimum absolute atomic E-state index is 0.0799. The predicted octanol–water partition coefficient (Wildman–Crippen LogP) is 17.4. The first-order valence-corrected chi connectivity index (χ1v) is 24.1. The van der Waals surface area contributed by atoms with E-state index in [1.54, 1.807) is 11.1 Å². The molecule has 1 aromatic heterocycles. The molecule has 0 radical (unpaired) electrons. The summed E-state index contributed by atoms with van der Waals surface area (Å²) in [6.07, 6.45) is 7.00. The fraction of sp³-hybridized carbons (Fsp3) is 0.161. The fourth-order valence-electron chi connectivity index (χ4n) is 14.5. The first-order chi connectivity index (χ1) is 31.2. The predicted molar refractivity (Wildman–Crippen MR) is 269 cm³/mol. The van der Waals surface area contributed by atoms with Gasteiger partial charge in [0.05, 0.1) is 0 Å². The Bertz CT molecular complexity index is 3670. The standard InChI is InChI=1S/C62H44S/c1-2-13-38(14-3-1)58-46-19-8-10-21-48(46)59(49-22-11-9-20-47(49)58)51-24-12-23-50-53-33-41(25-26-57(53)63-61(50)51)52-35-56-60(45-18-7-6-17-44(45)52)54-32-39-15-4-5-16-40(39)34-55(54)62(56)42-28-36-27-37(30-42)31-43(62)29-36/h1-26,32-37,42-43H,27-31H2. The zero-order chi connectivity index (χ0) is 41.0. The van der Waals surface area contributed by atoms with Crippen molar-refractivity contribution in [2.75, 3.05) is 0 Å². The molecule has 4 bridgehead atoms. The Morgan fingerprint density at radius 1 is 0.349 bits per heavy atom. The van der Waals surface area contributed by atoms with E-state index in [-0.39, 0.29) is 5.41 Å². The van der Waals surface area contributed by atoms with E-state index in [4.69, 9.17) is 0 Å². The van der Waals surface area contributed by atoms with Crippen LogP contribution in [-0.2, 0) is 5.41 Å². The van der Waals surface area contributed by atoms with Crippen LogP contribution in [0.4, 0.5) is 0 Å². The monoisotopic (exact) mass is 820 g/mol. The number of rotatable bonds is 3. The summed E-state index contributed by atoms with van der Waals surface area (Å²) >= 11 is 1.95. The van der Waals surface area contributed by atoms with Crippen molar-refractivity contribution in [1.82, 2.24) is 0 Å². The number of benzene rings is 10. The van der Waals surface area contributed by atoms with E-state index in [0.29, 0.717) is 11.8 Å². The minimum atomic E-state index is 0.0799. The lowest BCUT2D eigenvalue weighted by atomic mass is 9.43. The summed E-state index contributed by atoms with van der Waals surface area (Å²) in [5, 5.41) is 13.4. The van der Waals surface area contributed by atoms with Crippen molar-refractivity contribution in [2.24, 2.45) is 23.7 Å². The van der Waals surface area contributed by atoms with Gasteiger partial charge in [-0.25, -0.2) is 0 Å². The summed E-state index contributed by atoms with van der Waals surface area (Å²) < 4.78 is 2.71. The first kappa shape index (κ1) is 35.0. The Kier molecular flexibility index (Phi) is 7.09. The highest BCUT2D eigenvalue weighted by Crippen LogP contribution is 2.70. The van der Waals surface area contributed by atoms with E-state index >= 15 is 0 Å². The summed E-state index contributed by atoms with van der Waals surface area (Å²) in [5.74, 6) is 3.23. The van der Waals surface area contributed by atoms with Crippen LogP contribution in [0.25, 0.3) is 108 Å². The molecule has 0 atom stereocenters.